The summed E-state index contributed by atoms with van der Waals surface area (Å²) >= 11 is 12.0. The molecule has 178 valence electrons. The second-order valence-electron chi connectivity index (χ2n) is 9.79. The summed E-state index contributed by atoms with van der Waals surface area (Å²) in [5.74, 6) is -3.67. The molecule has 0 unspecified atom stereocenters. The normalized spacial score (nSPS) is 29.2. The van der Waals surface area contributed by atoms with Crippen molar-refractivity contribution in [3.8, 4) is 0 Å². The van der Waals surface area contributed by atoms with E-state index in [0.29, 0.717) is 6.42 Å². The van der Waals surface area contributed by atoms with Gasteiger partial charge in [0.1, 0.15) is 17.7 Å². The maximum absolute atomic E-state index is 15.3. The van der Waals surface area contributed by atoms with Crippen LogP contribution in [0.3, 0.4) is 0 Å². The second kappa shape index (κ2) is 9.14. The molecule has 2 aromatic carbocycles. The van der Waals surface area contributed by atoms with Crippen LogP contribution in [0.4, 0.5) is 8.78 Å². The first kappa shape index (κ1) is 24.4. The average Bonchev–Trinajstić information content (AvgIpc) is 3.03. The third kappa shape index (κ3) is 4.39. The van der Waals surface area contributed by atoms with Gasteiger partial charge in [0.05, 0.1) is 10.6 Å². The third-order valence-electron chi connectivity index (χ3n) is 7.54. The highest BCUT2D eigenvalue weighted by Crippen LogP contribution is 2.51. The monoisotopic (exact) mass is 496 g/mol. The highest BCUT2D eigenvalue weighted by atomic mass is 35.5. The Balaban J connectivity index is 1.91. The van der Waals surface area contributed by atoms with Gasteiger partial charge in [0.15, 0.2) is 0 Å². The van der Waals surface area contributed by atoms with Gasteiger partial charge in [0.25, 0.3) is 0 Å². The molecule has 2 aliphatic rings. The Morgan fingerprint density at radius 2 is 1.88 bits per heavy atom. The van der Waals surface area contributed by atoms with Gasteiger partial charge in [-0.3, -0.25) is 10.1 Å². The fraction of sp³-hybridized carbons (Fsp3) is 0.480. The van der Waals surface area contributed by atoms with E-state index in [-0.39, 0.29) is 26.6 Å². The zero-order valence-electron chi connectivity index (χ0n) is 18.4. The molecule has 1 aliphatic carbocycles. The second-order valence-corrected chi connectivity index (χ2v) is 10.6. The Morgan fingerprint density at radius 1 is 1.18 bits per heavy atom. The van der Waals surface area contributed by atoms with Gasteiger partial charge < -0.3 is 10.8 Å². The topological polar surface area (TPSA) is 75.3 Å². The van der Waals surface area contributed by atoms with E-state index >= 15 is 8.78 Å². The van der Waals surface area contributed by atoms with Crippen molar-refractivity contribution in [2.24, 2.45) is 11.1 Å². The molecule has 4 N–H and O–H groups in total. The number of benzene rings is 2. The zero-order valence-corrected chi connectivity index (χ0v) is 19.9. The van der Waals surface area contributed by atoms with Crippen molar-refractivity contribution in [1.82, 2.24) is 5.32 Å². The summed E-state index contributed by atoms with van der Waals surface area (Å²) < 4.78 is 30.6. The summed E-state index contributed by atoms with van der Waals surface area (Å²) in [5.41, 5.74) is 5.58. The lowest BCUT2D eigenvalue weighted by molar-refractivity contribution is -0.139. The van der Waals surface area contributed by atoms with Crippen LogP contribution in [-0.2, 0) is 10.3 Å². The molecule has 0 spiro atoms. The number of carbonyl (C=O) groups is 1. The van der Waals surface area contributed by atoms with E-state index in [1.54, 1.807) is 6.07 Å². The number of halogens is 4. The van der Waals surface area contributed by atoms with Crippen molar-refractivity contribution in [3.63, 3.8) is 0 Å². The van der Waals surface area contributed by atoms with Gasteiger partial charge in [-0.15, -0.1) is 0 Å². The van der Waals surface area contributed by atoms with Crippen LogP contribution >= 0.6 is 23.2 Å². The van der Waals surface area contributed by atoms with Crippen LogP contribution in [-0.4, -0.2) is 23.2 Å². The Hall–Kier alpha value is -1.73. The van der Waals surface area contributed by atoms with Gasteiger partial charge in [-0.05, 0) is 48.4 Å². The highest BCUT2D eigenvalue weighted by Gasteiger charge is 2.59. The van der Waals surface area contributed by atoms with E-state index in [0.717, 1.165) is 38.2 Å². The Bertz CT molecular complexity index is 1060. The lowest BCUT2D eigenvalue weighted by Gasteiger charge is -2.42. The largest absolute Gasteiger partial charge is 0.480 e. The summed E-state index contributed by atoms with van der Waals surface area (Å²) in [6.45, 7) is 2.16. The smallest absolute Gasteiger partial charge is 0.321 e. The number of hydrogen-bond donors (Lipinski definition) is 3. The number of aliphatic carboxylic acids is 1. The van der Waals surface area contributed by atoms with E-state index in [2.05, 4.69) is 12.2 Å². The van der Waals surface area contributed by atoms with E-state index in [1.165, 1.54) is 24.3 Å². The molecule has 0 radical (unpaired) electrons. The molecule has 8 heteroatoms. The van der Waals surface area contributed by atoms with E-state index in [4.69, 9.17) is 28.9 Å². The molecule has 33 heavy (non-hydrogen) atoms. The van der Waals surface area contributed by atoms with Gasteiger partial charge in [0.2, 0.25) is 0 Å². The molecular weight excluding hydrogens is 469 g/mol. The molecule has 1 heterocycles. The first-order chi connectivity index (χ1) is 15.6. The minimum absolute atomic E-state index is 0.0514. The molecular formula is C25H28Cl2F2N2O2. The number of nitrogens with one attached hydrogen (secondary N) is 1. The molecule has 4 rings (SSSR count). The maximum atomic E-state index is 15.3. The molecule has 1 aliphatic heterocycles. The predicted octanol–water partition coefficient (Wildman–Crippen LogP) is 5.99. The van der Waals surface area contributed by atoms with Crippen LogP contribution in [0.2, 0.25) is 10.0 Å². The number of hydrogen-bond acceptors (Lipinski definition) is 3. The lowest BCUT2D eigenvalue weighted by Crippen LogP contribution is -2.53. The number of carboxylic acid groups (broad SMARTS) is 1. The van der Waals surface area contributed by atoms with Crippen LogP contribution < -0.4 is 11.1 Å². The van der Waals surface area contributed by atoms with Crippen molar-refractivity contribution < 1.29 is 18.7 Å². The van der Waals surface area contributed by atoms with Gasteiger partial charge >= 0.3 is 5.97 Å². The summed E-state index contributed by atoms with van der Waals surface area (Å²) in [7, 11) is 0. The minimum atomic E-state index is -1.55. The Morgan fingerprint density at radius 3 is 2.52 bits per heavy atom. The maximum Gasteiger partial charge on any atom is 0.321 e. The first-order valence-corrected chi connectivity index (χ1v) is 12.0. The van der Waals surface area contributed by atoms with Crippen molar-refractivity contribution >= 4 is 29.2 Å². The van der Waals surface area contributed by atoms with Crippen LogP contribution in [0.5, 0.6) is 0 Å². The highest BCUT2D eigenvalue weighted by molar-refractivity contribution is 6.31. The van der Waals surface area contributed by atoms with Crippen molar-refractivity contribution in [3.05, 3.63) is 69.2 Å². The van der Waals surface area contributed by atoms with Gasteiger partial charge in [-0.1, -0.05) is 67.6 Å². The molecule has 4 atom stereocenters. The van der Waals surface area contributed by atoms with E-state index < -0.39 is 41.1 Å². The first-order valence-electron chi connectivity index (χ1n) is 11.2. The number of rotatable bonds is 5. The van der Waals surface area contributed by atoms with E-state index in [1.807, 2.05) is 0 Å². The van der Waals surface area contributed by atoms with Crippen LogP contribution in [0.25, 0.3) is 0 Å². The third-order valence-corrected chi connectivity index (χ3v) is 8.07. The molecule has 1 saturated carbocycles. The quantitative estimate of drug-likeness (QED) is 0.474. The molecule has 2 fully saturated rings. The Labute approximate surface area is 202 Å². The van der Waals surface area contributed by atoms with Crippen molar-refractivity contribution in [1.29, 1.82) is 0 Å². The summed E-state index contributed by atoms with van der Waals surface area (Å²) in [6.07, 6.45) is 5.78. The molecule has 0 amide bonds. The van der Waals surface area contributed by atoms with Crippen LogP contribution in [0, 0.1) is 17.0 Å². The summed E-state index contributed by atoms with van der Waals surface area (Å²) in [6, 6.07) is 6.74. The van der Waals surface area contributed by atoms with Gasteiger partial charge in [-0.25, -0.2) is 8.78 Å². The van der Waals surface area contributed by atoms with Crippen LogP contribution in [0.15, 0.2) is 36.4 Å². The van der Waals surface area contributed by atoms with E-state index in [9.17, 15) is 9.90 Å². The summed E-state index contributed by atoms with van der Waals surface area (Å²) in [5, 5.41) is 13.3. The zero-order chi connectivity index (χ0) is 24.0. The number of nitrogens with two attached hydrogens (primary N) is 1. The molecule has 2 aromatic rings. The fourth-order valence-electron chi connectivity index (χ4n) is 5.88. The summed E-state index contributed by atoms with van der Waals surface area (Å²) in [4.78, 5) is 12.4. The predicted molar refractivity (Wildman–Crippen MR) is 126 cm³/mol. The van der Waals surface area contributed by atoms with Gasteiger partial charge in [-0.2, -0.15) is 0 Å². The van der Waals surface area contributed by atoms with Crippen molar-refractivity contribution in [2.45, 2.75) is 69.0 Å². The SMILES string of the molecule is CC1(C[C@@H]2N[C@@H](C(=O)O)[C@H](c3cccc(Cl)c3F)[C@@]2(N)c2ccc(Cl)cc2F)CCCCC1. The average molecular weight is 497 g/mol. The molecule has 4 nitrogen and oxygen atoms in total. The molecule has 1 saturated heterocycles. The molecule has 0 bridgehead atoms. The number of carboxylic acids is 1. The minimum Gasteiger partial charge on any atom is -0.480 e. The molecule has 0 aromatic heterocycles. The van der Waals surface area contributed by atoms with Gasteiger partial charge in [0, 0.05) is 22.5 Å². The fourth-order valence-corrected chi connectivity index (χ4v) is 6.22. The van der Waals surface area contributed by atoms with Crippen molar-refractivity contribution in [2.75, 3.05) is 0 Å². The lowest BCUT2D eigenvalue weighted by atomic mass is 9.65. The Kier molecular flexibility index (Phi) is 6.76. The standard InChI is InChI=1S/C25H28Cl2F2N2O2/c1-24(10-3-2-4-11-24)13-19-25(30,16-9-8-14(26)12-18(16)28)20(22(31-19)23(32)33)15-6-5-7-17(27)21(15)29/h5-9,12,19-20,22,31H,2-4,10-11,13,30H2,1H3,(H,32,33)/t19-,20-,22+,25+/m0/s1. The van der Waals surface area contributed by atoms with Crippen LogP contribution in [0.1, 0.15) is 62.5 Å².